The Labute approximate surface area is 166 Å². The topological polar surface area (TPSA) is 9.23 Å². The van der Waals surface area contributed by atoms with Gasteiger partial charge in [-0.3, -0.25) is 0 Å². The fourth-order valence-electron chi connectivity index (χ4n) is 3.74. The number of unbranched alkanes of at least 4 members (excludes halogenated alkanes) is 2. The molecule has 1 aliphatic rings. The van der Waals surface area contributed by atoms with E-state index in [1.54, 1.807) is 25.1 Å². The Morgan fingerprint density at radius 2 is 1.86 bits per heavy atom. The highest BCUT2D eigenvalue weighted by atomic mass is 19.2. The second-order valence-electron chi connectivity index (χ2n) is 7.22. The van der Waals surface area contributed by atoms with Crippen molar-refractivity contribution in [2.24, 2.45) is 0 Å². The van der Waals surface area contributed by atoms with Gasteiger partial charge >= 0.3 is 0 Å². The lowest BCUT2D eigenvalue weighted by Crippen LogP contribution is -2.25. The van der Waals surface area contributed by atoms with Crippen molar-refractivity contribution < 1.29 is 13.5 Å². The summed E-state index contributed by atoms with van der Waals surface area (Å²) < 4.78 is 36.4. The van der Waals surface area contributed by atoms with Crippen LogP contribution in [-0.4, -0.2) is 6.61 Å². The number of halogens is 2. The Kier molecular flexibility index (Phi) is 6.66. The van der Waals surface area contributed by atoms with E-state index in [9.17, 15) is 0 Å². The maximum absolute atomic E-state index is 16.0. The van der Waals surface area contributed by atoms with Crippen LogP contribution in [0.25, 0.3) is 11.1 Å². The van der Waals surface area contributed by atoms with Gasteiger partial charge in [-0.25, -0.2) is 8.78 Å². The number of aryl methyl sites for hydroxylation is 1. The zero-order valence-corrected chi connectivity index (χ0v) is 16.7. The molecule has 28 heavy (non-hydrogen) atoms. The van der Waals surface area contributed by atoms with Crippen LogP contribution >= 0.6 is 0 Å². The first-order chi connectivity index (χ1) is 13.6. The molecule has 2 aromatic carbocycles. The lowest BCUT2D eigenvalue weighted by atomic mass is 9.82. The summed E-state index contributed by atoms with van der Waals surface area (Å²) in [5.74, 6) is -0.859. The predicted molar refractivity (Wildman–Crippen MR) is 111 cm³/mol. The van der Waals surface area contributed by atoms with Gasteiger partial charge in [-0.2, -0.15) is 0 Å². The molecule has 1 unspecified atom stereocenters. The number of rotatable bonds is 8. The van der Waals surface area contributed by atoms with Gasteiger partial charge in [-0.1, -0.05) is 74.4 Å². The Bertz CT molecular complexity index is 868. The van der Waals surface area contributed by atoms with E-state index in [0.29, 0.717) is 12.2 Å². The van der Waals surface area contributed by atoms with E-state index in [1.165, 1.54) is 24.5 Å². The minimum Gasteiger partial charge on any atom is -0.491 e. The summed E-state index contributed by atoms with van der Waals surface area (Å²) in [4.78, 5) is 0. The lowest BCUT2D eigenvalue weighted by molar-refractivity contribution is 0.143. The lowest BCUT2D eigenvalue weighted by Gasteiger charge is -2.29. The summed E-state index contributed by atoms with van der Waals surface area (Å²) in [5, 5.41) is 0. The summed E-state index contributed by atoms with van der Waals surface area (Å²) >= 11 is 0. The first kappa shape index (κ1) is 20.3. The van der Waals surface area contributed by atoms with Crippen molar-refractivity contribution in [1.29, 1.82) is 0 Å². The van der Waals surface area contributed by atoms with Gasteiger partial charge in [0.15, 0.2) is 17.3 Å². The monoisotopic (exact) mass is 382 g/mol. The normalized spacial score (nSPS) is 19.1. The Balaban J connectivity index is 2.01. The third-order valence-electron chi connectivity index (χ3n) is 5.19. The highest BCUT2D eigenvalue weighted by Gasteiger charge is 2.42. The van der Waals surface area contributed by atoms with Crippen LogP contribution in [0, 0.1) is 0 Å². The van der Waals surface area contributed by atoms with Crippen molar-refractivity contribution in [3.8, 4) is 11.1 Å². The van der Waals surface area contributed by atoms with Crippen LogP contribution in [0.1, 0.15) is 50.7 Å². The standard InChI is InChI=1S/C25H28F2O/c1-3-5-6-11-19-12-9-13-20(18-19)21-14-7-8-15-22(21)25(27)17-10-16-23(24(25)26)28-4-2/h7-10,12-16,18H,3-6,11,17H2,1-2H3. The van der Waals surface area contributed by atoms with Gasteiger partial charge in [-0.15, -0.1) is 0 Å². The number of benzene rings is 2. The molecule has 0 radical (unpaired) electrons. The average Bonchev–Trinajstić information content (AvgIpc) is 2.72. The molecule has 1 nitrogen and oxygen atoms in total. The number of hydrogen-bond donors (Lipinski definition) is 0. The summed E-state index contributed by atoms with van der Waals surface area (Å²) in [5.41, 5.74) is 1.00. The molecule has 3 rings (SSSR count). The molecular weight excluding hydrogens is 354 g/mol. The average molecular weight is 382 g/mol. The van der Waals surface area contributed by atoms with E-state index in [1.807, 2.05) is 24.3 Å². The number of hydrogen-bond acceptors (Lipinski definition) is 1. The molecule has 0 aromatic heterocycles. The fraction of sp³-hybridized carbons (Fsp3) is 0.360. The van der Waals surface area contributed by atoms with Gasteiger partial charge in [0.25, 0.3) is 0 Å². The van der Waals surface area contributed by atoms with Gasteiger partial charge in [0.2, 0.25) is 0 Å². The van der Waals surface area contributed by atoms with Crippen molar-refractivity contribution >= 4 is 0 Å². The molecule has 3 heteroatoms. The summed E-state index contributed by atoms with van der Waals surface area (Å²) in [7, 11) is 0. The molecule has 2 aromatic rings. The Morgan fingerprint density at radius 3 is 2.64 bits per heavy atom. The van der Waals surface area contributed by atoms with Crippen LogP contribution in [0.4, 0.5) is 8.78 Å². The molecular formula is C25H28F2O. The number of allylic oxidation sites excluding steroid dienone is 3. The van der Waals surface area contributed by atoms with Crippen molar-refractivity contribution in [3.63, 3.8) is 0 Å². The third-order valence-corrected chi connectivity index (χ3v) is 5.19. The minimum atomic E-state index is -2.21. The fourth-order valence-corrected chi connectivity index (χ4v) is 3.74. The molecule has 0 N–H and O–H groups in total. The van der Waals surface area contributed by atoms with Crippen LogP contribution in [0.2, 0.25) is 0 Å². The molecule has 148 valence electrons. The highest BCUT2D eigenvalue weighted by molar-refractivity contribution is 5.70. The van der Waals surface area contributed by atoms with E-state index in [0.717, 1.165) is 24.0 Å². The van der Waals surface area contributed by atoms with Crippen molar-refractivity contribution in [2.75, 3.05) is 6.61 Å². The zero-order chi connectivity index (χ0) is 20.0. The largest absolute Gasteiger partial charge is 0.491 e. The maximum atomic E-state index is 16.0. The molecule has 0 fully saturated rings. The minimum absolute atomic E-state index is 0.0145. The molecule has 0 bridgehead atoms. The van der Waals surface area contributed by atoms with Gasteiger partial charge in [0, 0.05) is 12.0 Å². The van der Waals surface area contributed by atoms with Gasteiger partial charge in [0.05, 0.1) is 6.61 Å². The summed E-state index contributed by atoms with van der Waals surface area (Å²) in [6.45, 7) is 4.25. The molecule has 1 aliphatic carbocycles. The molecule has 0 heterocycles. The first-order valence-electron chi connectivity index (χ1n) is 10.2. The quantitative estimate of drug-likeness (QED) is 0.431. The number of alkyl halides is 1. The van der Waals surface area contributed by atoms with E-state index >= 15 is 8.78 Å². The van der Waals surface area contributed by atoms with Crippen LogP contribution in [-0.2, 0) is 16.8 Å². The number of ether oxygens (including phenoxy) is 1. The van der Waals surface area contributed by atoms with Crippen molar-refractivity contribution in [3.05, 3.63) is 83.4 Å². The van der Waals surface area contributed by atoms with E-state index < -0.39 is 11.5 Å². The van der Waals surface area contributed by atoms with Gasteiger partial charge in [-0.05, 0) is 42.5 Å². The third kappa shape index (κ3) is 4.19. The molecule has 0 spiro atoms. The van der Waals surface area contributed by atoms with Crippen molar-refractivity contribution in [2.45, 2.75) is 51.6 Å². The SMILES string of the molecule is CCCCCc1cccc(-c2ccccc2C2(F)CC=CC(OCC)=C2F)c1. The van der Waals surface area contributed by atoms with E-state index in [4.69, 9.17) is 4.74 Å². The van der Waals surface area contributed by atoms with Crippen LogP contribution < -0.4 is 0 Å². The summed E-state index contributed by atoms with van der Waals surface area (Å²) in [6, 6.07) is 15.3. The summed E-state index contributed by atoms with van der Waals surface area (Å²) in [6.07, 6.45) is 7.62. The highest BCUT2D eigenvalue weighted by Crippen LogP contribution is 2.46. The van der Waals surface area contributed by atoms with Crippen LogP contribution in [0.5, 0.6) is 0 Å². The predicted octanol–water partition coefficient (Wildman–Crippen LogP) is 7.43. The Morgan fingerprint density at radius 1 is 1.04 bits per heavy atom. The van der Waals surface area contributed by atoms with Crippen LogP contribution in [0.15, 0.2) is 72.3 Å². The van der Waals surface area contributed by atoms with Gasteiger partial charge in [0.1, 0.15) is 0 Å². The smallest absolute Gasteiger partial charge is 0.194 e. The molecule has 0 saturated carbocycles. The second-order valence-corrected chi connectivity index (χ2v) is 7.22. The molecule has 0 aliphatic heterocycles. The molecule has 0 amide bonds. The van der Waals surface area contributed by atoms with Gasteiger partial charge < -0.3 is 4.74 Å². The molecule has 1 atom stereocenters. The van der Waals surface area contributed by atoms with Crippen molar-refractivity contribution in [1.82, 2.24) is 0 Å². The zero-order valence-electron chi connectivity index (χ0n) is 16.7. The van der Waals surface area contributed by atoms with Crippen LogP contribution in [0.3, 0.4) is 0 Å². The molecule has 0 saturated heterocycles. The second kappa shape index (κ2) is 9.18. The van der Waals surface area contributed by atoms with E-state index in [-0.39, 0.29) is 12.2 Å². The van der Waals surface area contributed by atoms with E-state index in [2.05, 4.69) is 19.1 Å². The Hall–Kier alpha value is -2.42. The first-order valence-corrected chi connectivity index (χ1v) is 10.2. The maximum Gasteiger partial charge on any atom is 0.194 e.